The van der Waals surface area contributed by atoms with Crippen molar-refractivity contribution >= 4 is 23.9 Å². The molecule has 6 atom stereocenters. The minimum Gasteiger partial charge on any atom is -0.479 e. The summed E-state index contributed by atoms with van der Waals surface area (Å²) in [4.78, 5) is 51.1. The van der Waals surface area contributed by atoms with Crippen LogP contribution in [-0.2, 0) is 42.9 Å². The van der Waals surface area contributed by atoms with Crippen molar-refractivity contribution in [2.24, 2.45) is 0 Å². The van der Waals surface area contributed by atoms with Gasteiger partial charge in [0.15, 0.2) is 24.6 Å². The zero-order valence-electron chi connectivity index (χ0n) is 48.4. The second-order valence-electron chi connectivity index (χ2n) is 20.6. The van der Waals surface area contributed by atoms with Gasteiger partial charge in [0.25, 0.3) is 0 Å². The van der Waals surface area contributed by atoms with E-state index in [-0.39, 0.29) is 25.9 Å². The Morgan fingerprint density at radius 3 is 1.34 bits per heavy atom. The summed E-state index contributed by atoms with van der Waals surface area (Å²) in [6.45, 7) is 5.78. The molecule has 1 rings (SSSR count). The largest absolute Gasteiger partial charge is 0.479 e. The highest BCUT2D eigenvalue weighted by Gasteiger charge is 2.50. The van der Waals surface area contributed by atoms with E-state index >= 15 is 0 Å². The summed E-state index contributed by atoms with van der Waals surface area (Å²) >= 11 is 0. The van der Waals surface area contributed by atoms with Gasteiger partial charge in [-0.1, -0.05) is 215 Å². The molecule has 0 saturated carbocycles. The Balaban J connectivity index is 2.70. The van der Waals surface area contributed by atoms with E-state index in [2.05, 4.69) is 93.7 Å². The maximum absolute atomic E-state index is 13.1. The molecule has 6 unspecified atom stereocenters. The summed E-state index contributed by atoms with van der Waals surface area (Å²) in [6, 6.07) is 0. The first-order valence-corrected chi connectivity index (χ1v) is 30.6. The predicted octanol–water partition coefficient (Wildman–Crippen LogP) is 15.9. The average molecular weight is 1080 g/mol. The predicted molar refractivity (Wildman–Crippen MR) is 312 cm³/mol. The zero-order valence-corrected chi connectivity index (χ0v) is 48.4. The first kappa shape index (κ1) is 70.9. The highest BCUT2D eigenvalue weighted by atomic mass is 16.7. The molecular weight excluding hydrogens is 973 g/mol. The monoisotopic (exact) mass is 1080 g/mol. The van der Waals surface area contributed by atoms with Gasteiger partial charge < -0.3 is 39.0 Å². The number of aliphatic carboxylic acids is 1. The van der Waals surface area contributed by atoms with Gasteiger partial charge in [-0.25, -0.2) is 4.79 Å². The lowest BCUT2D eigenvalue weighted by atomic mass is 9.98. The fraction of sp³-hybridized carbons (Fsp3) is 0.723. The molecule has 1 fully saturated rings. The maximum Gasteiger partial charge on any atom is 0.335 e. The van der Waals surface area contributed by atoms with Crippen molar-refractivity contribution in [3.63, 3.8) is 0 Å². The molecule has 0 spiro atoms. The number of allylic oxidation sites excluding steroid dienone is 14. The van der Waals surface area contributed by atoms with Crippen LogP contribution in [-0.4, -0.2) is 89.2 Å². The standard InChI is InChI=1S/C65H108O12/c1-4-7-10-13-16-19-22-25-27-28-29-30-32-35-38-41-44-47-50-53-59(68)76-63-61(70)60(69)62(64(71)72)77-65(63)74-55-56(75-58(67)52-49-46-43-40-37-33-24-21-18-15-12-9-6-3)54-73-57(66)51-48-45-42-39-36-34-31-26-23-20-17-14-11-8-5-2/h9,12,16,18-19,21,25-27,31,33,37,43,46,56,60-63,65,69-70H,4-8,10-11,13-15,17,20,22-24,28-30,32,34-36,38-42,44-45,47-55H2,1-3H3,(H,71,72)/b12-9-,19-16-,21-18-,27-25-,31-26-,37-33-,46-43-. The van der Waals surface area contributed by atoms with Crippen molar-refractivity contribution in [2.45, 2.75) is 289 Å². The first-order valence-electron chi connectivity index (χ1n) is 30.6. The highest BCUT2D eigenvalue weighted by Crippen LogP contribution is 2.26. The van der Waals surface area contributed by atoms with Crippen LogP contribution in [0.15, 0.2) is 85.1 Å². The van der Waals surface area contributed by atoms with Crippen molar-refractivity contribution in [3.05, 3.63) is 85.1 Å². The van der Waals surface area contributed by atoms with Gasteiger partial charge in [-0.05, 0) is 103 Å². The third-order valence-electron chi connectivity index (χ3n) is 13.4. The Labute approximate surface area is 467 Å². The molecule has 1 heterocycles. The molecule has 1 aliphatic rings. The number of aliphatic hydroxyl groups excluding tert-OH is 2. The number of unbranched alkanes of at least 4 members (excludes halogenated alkanes) is 23. The summed E-state index contributed by atoms with van der Waals surface area (Å²) in [5, 5.41) is 31.5. The maximum atomic E-state index is 13.1. The third-order valence-corrected chi connectivity index (χ3v) is 13.4. The number of aliphatic hydroxyl groups is 2. The molecule has 3 N–H and O–H groups in total. The van der Waals surface area contributed by atoms with E-state index in [9.17, 15) is 34.5 Å². The first-order chi connectivity index (χ1) is 37.6. The van der Waals surface area contributed by atoms with Crippen LogP contribution in [0, 0.1) is 0 Å². The third kappa shape index (κ3) is 42.5. The smallest absolute Gasteiger partial charge is 0.335 e. The van der Waals surface area contributed by atoms with E-state index in [1.807, 2.05) is 12.2 Å². The topological polar surface area (TPSA) is 175 Å². The van der Waals surface area contributed by atoms with Crippen LogP contribution in [0.1, 0.15) is 252 Å². The summed E-state index contributed by atoms with van der Waals surface area (Å²) < 4.78 is 28.3. The van der Waals surface area contributed by atoms with Gasteiger partial charge >= 0.3 is 23.9 Å². The fourth-order valence-electron chi connectivity index (χ4n) is 8.76. The minimum absolute atomic E-state index is 0.0374. The van der Waals surface area contributed by atoms with Crippen molar-refractivity contribution < 1.29 is 58.2 Å². The van der Waals surface area contributed by atoms with Gasteiger partial charge in [0.05, 0.1) is 6.61 Å². The SMILES string of the molecule is CC/C=C\C/C=C\C/C=C\C/C=C\CCC(=O)OC(COC(=O)CCCCCCC/C=C\CCCCCCCC)COC1OC(C(=O)O)C(O)C(O)C1OC(=O)CCCCCCCCCCC/C=C\C/C=C\CCCCC. The number of carbonyl (C=O) groups is 4. The molecule has 0 bridgehead atoms. The lowest BCUT2D eigenvalue weighted by Gasteiger charge is -2.40. The zero-order chi connectivity index (χ0) is 56.1. The normalized spacial score (nSPS) is 18.6. The molecular formula is C65H108O12. The summed E-state index contributed by atoms with van der Waals surface area (Å²) in [5.41, 5.74) is 0. The van der Waals surface area contributed by atoms with Crippen molar-refractivity contribution in [2.75, 3.05) is 13.2 Å². The second-order valence-corrected chi connectivity index (χ2v) is 20.6. The molecule has 0 amide bonds. The lowest BCUT2D eigenvalue weighted by Crippen LogP contribution is -2.61. The van der Waals surface area contributed by atoms with Crippen LogP contribution in [0.5, 0.6) is 0 Å². The Bertz CT molecular complexity index is 1660. The van der Waals surface area contributed by atoms with Crippen molar-refractivity contribution in [3.8, 4) is 0 Å². The molecule has 77 heavy (non-hydrogen) atoms. The molecule has 0 aromatic rings. The number of carboxylic acids is 1. The molecule has 1 saturated heterocycles. The lowest BCUT2D eigenvalue weighted by molar-refractivity contribution is -0.301. The Morgan fingerprint density at radius 1 is 0.442 bits per heavy atom. The summed E-state index contributed by atoms with van der Waals surface area (Å²) in [7, 11) is 0. The molecule has 12 heteroatoms. The Hall–Kier alpha value is -4.10. The second kappa shape index (κ2) is 52.6. The van der Waals surface area contributed by atoms with E-state index in [1.165, 1.54) is 89.9 Å². The van der Waals surface area contributed by atoms with Gasteiger partial charge in [-0.2, -0.15) is 0 Å². The highest BCUT2D eigenvalue weighted by molar-refractivity contribution is 5.74. The minimum atomic E-state index is -1.92. The van der Waals surface area contributed by atoms with Crippen LogP contribution < -0.4 is 0 Å². The van der Waals surface area contributed by atoms with E-state index in [0.717, 1.165) is 96.3 Å². The molecule has 440 valence electrons. The number of hydrogen-bond donors (Lipinski definition) is 3. The number of esters is 3. The summed E-state index contributed by atoms with van der Waals surface area (Å²) in [5.74, 6) is -3.24. The van der Waals surface area contributed by atoms with Gasteiger partial charge in [-0.3, -0.25) is 14.4 Å². The molecule has 12 nitrogen and oxygen atoms in total. The molecule has 0 aromatic heterocycles. The number of carboxylic acid groups (broad SMARTS) is 1. The molecule has 0 aromatic carbocycles. The van der Waals surface area contributed by atoms with E-state index in [1.54, 1.807) is 0 Å². The Morgan fingerprint density at radius 2 is 0.844 bits per heavy atom. The van der Waals surface area contributed by atoms with Crippen LogP contribution in [0.25, 0.3) is 0 Å². The van der Waals surface area contributed by atoms with Gasteiger partial charge in [0.2, 0.25) is 0 Å². The molecule has 1 aliphatic heterocycles. The van der Waals surface area contributed by atoms with Crippen LogP contribution in [0.4, 0.5) is 0 Å². The molecule has 0 aliphatic carbocycles. The number of rotatable bonds is 51. The number of carbonyl (C=O) groups excluding carboxylic acids is 3. The van der Waals surface area contributed by atoms with Crippen LogP contribution in [0.2, 0.25) is 0 Å². The number of hydrogen-bond acceptors (Lipinski definition) is 11. The van der Waals surface area contributed by atoms with Gasteiger partial charge in [0, 0.05) is 19.3 Å². The average Bonchev–Trinajstić information content (AvgIpc) is 3.42. The van der Waals surface area contributed by atoms with E-state index < -0.39 is 67.3 Å². The van der Waals surface area contributed by atoms with Crippen molar-refractivity contribution in [1.82, 2.24) is 0 Å². The number of ether oxygens (including phenoxy) is 5. The quantitative estimate of drug-likeness (QED) is 0.0228. The van der Waals surface area contributed by atoms with E-state index in [4.69, 9.17) is 23.7 Å². The van der Waals surface area contributed by atoms with E-state index in [0.29, 0.717) is 25.7 Å². The van der Waals surface area contributed by atoms with Crippen molar-refractivity contribution in [1.29, 1.82) is 0 Å². The summed E-state index contributed by atoms with van der Waals surface area (Å²) in [6.07, 6.45) is 55.7. The molecule has 0 radical (unpaired) electrons. The van der Waals surface area contributed by atoms with Gasteiger partial charge in [-0.15, -0.1) is 0 Å². The van der Waals surface area contributed by atoms with Crippen LogP contribution >= 0.6 is 0 Å². The van der Waals surface area contributed by atoms with Crippen LogP contribution in [0.3, 0.4) is 0 Å². The van der Waals surface area contributed by atoms with Gasteiger partial charge in [0.1, 0.15) is 18.8 Å². The Kier molecular flexibility index (Phi) is 48.4. The fourth-order valence-corrected chi connectivity index (χ4v) is 8.76.